The van der Waals surface area contributed by atoms with Crippen LogP contribution in [0.15, 0.2) is 0 Å². The van der Waals surface area contributed by atoms with Crippen LogP contribution in [0, 0.1) is 17.8 Å². The molecule has 350 valence electrons. The predicted molar refractivity (Wildman–Crippen MR) is 252 cm³/mol. The Morgan fingerprint density at radius 1 is 0.339 bits per heavy atom. The minimum Gasteiger partial charge on any atom is -0.462 e. The lowest BCUT2D eigenvalue weighted by atomic mass is 9.99. The highest BCUT2D eigenvalue weighted by Gasteiger charge is 2.19. The fourth-order valence-corrected chi connectivity index (χ4v) is 7.87. The molecule has 0 aromatic heterocycles. The molecule has 0 rings (SSSR count). The molecule has 6 heteroatoms. The summed E-state index contributed by atoms with van der Waals surface area (Å²) in [6.07, 6.45) is 43.7. The molecule has 2 unspecified atom stereocenters. The summed E-state index contributed by atoms with van der Waals surface area (Å²) in [5.74, 6) is 1.67. The Morgan fingerprint density at radius 2 is 0.593 bits per heavy atom. The van der Waals surface area contributed by atoms with Crippen LogP contribution in [0.3, 0.4) is 0 Å². The first kappa shape index (κ1) is 57.4. The van der Waals surface area contributed by atoms with Gasteiger partial charge in [-0.2, -0.15) is 0 Å². The van der Waals surface area contributed by atoms with Crippen LogP contribution < -0.4 is 0 Å². The number of unbranched alkanes of at least 4 members (excludes halogenated alkanes) is 27. The molecular formula is C53H102O6. The van der Waals surface area contributed by atoms with Gasteiger partial charge in [-0.3, -0.25) is 14.4 Å². The molecule has 0 radical (unpaired) electrons. The van der Waals surface area contributed by atoms with Crippen molar-refractivity contribution in [2.75, 3.05) is 13.2 Å². The van der Waals surface area contributed by atoms with Crippen molar-refractivity contribution in [1.29, 1.82) is 0 Å². The summed E-state index contributed by atoms with van der Waals surface area (Å²) in [5.41, 5.74) is 0. The lowest BCUT2D eigenvalue weighted by Crippen LogP contribution is -2.30. The molecule has 0 spiro atoms. The first-order valence-corrected chi connectivity index (χ1v) is 26.2. The number of hydrogen-bond donors (Lipinski definition) is 0. The van der Waals surface area contributed by atoms with Crippen LogP contribution in [0.25, 0.3) is 0 Å². The first-order valence-electron chi connectivity index (χ1n) is 26.2. The molecule has 0 aromatic carbocycles. The second-order valence-corrected chi connectivity index (χ2v) is 19.1. The van der Waals surface area contributed by atoms with E-state index in [2.05, 4.69) is 41.5 Å². The van der Waals surface area contributed by atoms with Crippen molar-refractivity contribution in [1.82, 2.24) is 0 Å². The molecule has 0 heterocycles. The molecule has 0 aliphatic rings. The number of esters is 3. The van der Waals surface area contributed by atoms with E-state index >= 15 is 0 Å². The van der Waals surface area contributed by atoms with Crippen LogP contribution in [0.2, 0.25) is 0 Å². The number of carbonyl (C=O) groups is 3. The summed E-state index contributed by atoms with van der Waals surface area (Å²) in [6.45, 7) is 13.7. The van der Waals surface area contributed by atoms with Gasteiger partial charge in [0.25, 0.3) is 0 Å². The third-order valence-corrected chi connectivity index (χ3v) is 12.6. The smallest absolute Gasteiger partial charge is 0.306 e. The van der Waals surface area contributed by atoms with E-state index in [1.54, 1.807) is 0 Å². The fraction of sp³-hybridized carbons (Fsp3) is 0.943. The van der Waals surface area contributed by atoms with Gasteiger partial charge in [0.1, 0.15) is 13.2 Å². The number of ether oxygens (including phenoxy) is 3. The molecule has 59 heavy (non-hydrogen) atoms. The minimum absolute atomic E-state index is 0.0653. The number of carbonyl (C=O) groups excluding carboxylic acids is 3. The summed E-state index contributed by atoms with van der Waals surface area (Å²) >= 11 is 0. The van der Waals surface area contributed by atoms with E-state index in [0.717, 1.165) is 75.5 Å². The van der Waals surface area contributed by atoms with Gasteiger partial charge in [0, 0.05) is 19.3 Å². The highest BCUT2D eigenvalue weighted by Crippen LogP contribution is 2.18. The summed E-state index contributed by atoms with van der Waals surface area (Å²) in [7, 11) is 0. The monoisotopic (exact) mass is 835 g/mol. The van der Waals surface area contributed by atoms with E-state index in [-0.39, 0.29) is 31.1 Å². The van der Waals surface area contributed by atoms with Gasteiger partial charge in [-0.05, 0) is 37.0 Å². The van der Waals surface area contributed by atoms with Crippen molar-refractivity contribution >= 4 is 17.9 Å². The van der Waals surface area contributed by atoms with E-state index in [0.29, 0.717) is 19.3 Å². The zero-order chi connectivity index (χ0) is 43.4. The Balaban J connectivity index is 4.31. The van der Waals surface area contributed by atoms with Gasteiger partial charge in [-0.15, -0.1) is 0 Å². The standard InChI is InChI=1S/C53H102O6/c1-7-48(5)40-34-28-22-18-15-16-19-23-30-36-42-51(54)57-45-50(46-58-52(55)43-37-31-26-25-29-35-41-49(6)8-2)59-53(56)44-38-32-24-20-14-12-10-9-11-13-17-21-27-33-39-47(3)4/h47-50H,7-46H2,1-6H3/t48?,49?,50-/m1/s1. The lowest BCUT2D eigenvalue weighted by Gasteiger charge is -2.18. The maximum atomic E-state index is 12.8. The van der Waals surface area contributed by atoms with Crippen molar-refractivity contribution in [3.63, 3.8) is 0 Å². The average molecular weight is 835 g/mol. The minimum atomic E-state index is -0.763. The van der Waals surface area contributed by atoms with Gasteiger partial charge >= 0.3 is 17.9 Å². The Morgan fingerprint density at radius 3 is 0.881 bits per heavy atom. The van der Waals surface area contributed by atoms with Crippen LogP contribution in [-0.2, 0) is 28.6 Å². The first-order chi connectivity index (χ1) is 28.7. The normalized spacial score (nSPS) is 13.1. The van der Waals surface area contributed by atoms with E-state index in [9.17, 15) is 14.4 Å². The zero-order valence-corrected chi connectivity index (χ0v) is 40.5. The molecule has 0 aliphatic heterocycles. The molecule has 0 aromatic rings. The Bertz CT molecular complexity index is 918. The van der Waals surface area contributed by atoms with Gasteiger partial charge in [0.15, 0.2) is 6.10 Å². The van der Waals surface area contributed by atoms with Crippen LogP contribution in [0.5, 0.6) is 0 Å². The van der Waals surface area contributed by atoms with Crippen molar-refractivity contribution in [2.45, 2.75) is 292 Å². The summed E-state index contributed by atoms with van der Waals surface area (Å²) in [4.78, 5) is 37.9. The summed E-state index contributed by atoms with van der Waals surface area (Å²) in [6, 6.07) is 0. The Hall–Kier alpha value is -1.59. The second kappa shape index (κ2) is 44.5. The molecule has 0 fully saturated rings. The molecule has 0 saturated heterocycles. The van der Waals surface area contributed by atoms with E-state index < -0.39 is 6.10 Å². The van der Waals surface area contributed by atoms with Crippen molar-refractivity contribution in [3.8, 4) is 0 Å². The maximum Gasteiger partial charge on any atom is 0.306 e. The fourth-order valence-electron chi connectivity index (χ4n) is 7.87. The molecule has 0 aliphatic carbocycles. The quantitative estimate of drug-likeness (QED) is 0.0345. The third-order valence-electron chi connectivity index (χ3n) is 12.6. The van der Waals surface area contributed by atoms with Crippen LogP contribution in [-0.4, -0.2) is 37.2 Å². The lowest BCUT2D eigenvalue weighted by molar-refractivity contribution is -0.167. The third kappa shape index (κ3) is 44.3. The zero-order valence-electron chi connectivity index (χ0n) is 40.5. The highest BCUT2D eigenvalue weighted by molar-refractivity contribution is 5.71. The molecule has 6 nitrogen and oxygen atoms in total. The number of hydrogen-bond acceptors (Lipinski definition) is 6. The van der Waals surface area contributed by atoms with Gasteiger partial charge in [-0.1, -0.05) is 247 Å². The van der Waals surface area contributed by atoms with E-state index in [1.807, 2.05) is 0 Å². The SMILES string of the molecule is CCC(C)CCCCCCCCCCCCC(=O)OC[C@H](COC(=O)CCCCCCCCC(C)CC)OC(=O)CCCCCCCCCCCCCCCCC(C)C. The average Bonchev–Trinajstić information content (AvgIpc) is 3.22. The van der Waals surface area contributed by atoms with E-state index in [4.69, 9.17) is 14.2 Å². The molecule has 0 N–H and O–H groups in total. The van der Waals surface area contributed by atoms with Gasteiger partial charge in [0.2, 0.25) is 0 Å². The van der Waals surface area contributed by atoms with Crippen molar-refractivity contribution in [2.24, 2.45) is 17.8 Å². The van der Waals surface area contributed by atoms with E-state index in [1.165, 1.54) is 167 Å². The Labute approximate surface area is 368 Å². The topological polar surface area (TPSA) is 78.9 Å². The van der Waals surface area contributed by atoms with Gasteiger partial charge in [0.05, 0.1) is 0 Å². The Kier molecular flexibility index (Phi) is 43.3. The maximum absolute atomic E-state index is 12.8. The van der Waals surface area contributed by atoms with Gasteiger partial charge in [-0.25, -0.2) is 0 Å². The van der Waals surface area contributed by atoms with Crippen LogP contribution in [0.1, 0.15) is 286 Å². The molecule has 0 saturated carbocycles. The van der Waals surface area contributed by atoms with Crippen LogP contribution >= 0.6 is 0 Å². The molecule has 0 amide bonds. The molecule has 3 atom stereocenters. The van der Waals surface area contributed by atoms with Gasteiger partial charge < -0.3 is 14.2 Å². The summed E-state index contributed by atoms with van der Waals surface area (Å²) < 4.78 is 16.8. The highest BCUT2D eigenvalue weighted by atomic mass is 16.6. The summed E-state index contributed by atoms with van der Waals surface area (Å²) in [5, 5.41) is 0. The van der Waals surface area contributed by atoms with Crippen molar-refractivity contribution < 1.29 is 28.6 Å². The largest absolute Gasteiger partial charge is 0.462 e. The molecule has 0 bridgehead atoms. The van der Waals surface area contributed by atoms with Crippen LogP contribution in [0.4, 0.5) is 0 Å². The second-order valence-electron chi connectivity index (χ2n) is 19.1. The van der Waals surface area contributed by atoms with Crippen molar-refractivity contribution in [3.05, 3.63) is 0 Å². The molecular weight excluding hydrogens is 733 g/mol. The number of rotatable bonds is 46. The predicted octanol–water partition coefficient (Wildman–Crippen LogP) is 16.8.